The number of hydrogen-bond donors (Lipinski definition) is 0. The summed E-state index contributed by atoms with van der Waals surface area (Å²) >= 11 is 3.35. The topological polar surface area (TPSA) is 0 Å². The van der Waals surface area contributed by atoms with Gasteiger partial charge in [0, 0.05) is 11.5 Å². The van der Waals surface area contributed by atoms with E-state index in [-0.39, 0.29) is 0 Å². The molecule has 0 saturated heterocycles. The molecule has 72 valence electrons. The van der Waals surface area contributed by atoms with E-state index in [0.717, 1.165) is 11.5 Å². The molecule has 14 heavy (non-hydrogen) atoms. The average Bonchev–Trinajstić information content (AvgIpc) is 2.21. The third-order valence-electron chi connectivity index (χ3n) is 1.07. The first kappa shape index (κ1) is 13.0. The Morgan fingerprint density at radius 2 is 1.29 bits per heavy atom. The largest absolute Gasteiger partial charge is 0.129 e. The molecule has 0 saturated carbocycles. The molecule has 0 aromatic carbocycles. The molecule has 0 N–H and O–H groups in total. The van der Waals surface area contributed by atoms with Crippen LogP contribution in [0, 0.1) is 24.7 Å². The first-order chi connectivity index (χ1) is 6.91. The highest BCUT2D eigenvalue weighted by atomic mass is 32.2. The lowest BCUT2D eigenvalue weighted by Crippen LogP contribution is -1.69. The maximum Gasteiger partial charge on any atom is 0.0155 e. The van der Waals surface area contributed by atoms with Crippen LogP contribution in [0.1, 0.15) is 0 Å². The van der Waals surface area contributed by atoms with Crippen molar-refractivity contribution in [3.05, 3.63) is 35.1 Å². The molecule has 0 aliphatic rings. The van der Waals surface area contributed by atoms with Gasteiger partial charge in [0.05, 0.1) is 0 Å². The van der Waals surface area contributed by atoms with Crippen molar-refractivity contribution in [1.29, 1.82) is 0 Å². The molecule has 0 spiro atoms. The maximum absolute atomic E-state index is 5.04. The van der Waals surface area contributed by atoms with E-state index < -0.39 is 0 Å². The van der Waals surface area contributed by atoms with E-state index in [4.69, 9.17) is 12.8 Å². The molecule has 0 amide bonds. The number of allylic oxidation sites excluding steroid dienone is 2. The Balaban J connectivity index is 3.30. The standard InChI is InChI=1S/C12H12S2/c1-3-5-9-13-11-7-8-12-14-10-6-4-2/h1-2,5-10H,11-12H2/b8-7-,9-5-,10-6-. The highest BCUT2D eigenvalue weighted by molar-refractivity contribution is 8.02. The molecule has 0 bridgehead atoms. The molecule has 0 aliphatic heterocycles. The van der Waals surface area contributed by atoms with Crippen LogP contribution in [0.5, 0.6) is 0 Å². The van der Waals surface area contributed by atoms with Gasteiger partial charge in [-0.25, -0.2) is 0 Å². The van der Waals surface area contributed by atoms with E-state index in [1.807, 2.05) is 10.8 Å². The summed E-state index contributed by atoms with van der Waals surface area (Å²) in [5.41, 5.74) is 0. The summed E-state index contributed by atoms with van der Waals surface area (Å²) in [6.07, 6.45) is 17.7. The van der Waals surface area contributed by atoms with Gasteiger partial charge in [0.1, 0.15) is 0 Å². The number of rotatable bonds is 6. The third kappa shape index (κ3) is 11.0. The summed E-state index contributed by atoms with van der Waals surface area (Å²) in [4.78, 5) is 0. The summed E-state index contributed by atoms with van der Waals surface area (Å²) in [6, 6.07) is 0. The van der Waals surface area contributed by atoms with Crippen molar-refractivity contribution < 1.29 is 0 Å². The van der Waals surface area contributed by atoms with Gasteiger partial charge >= 0.3 is 0 Å². The lowest BCUT2D eigenvalue weighted by atomic mass is 10.6. The van der Waals surface area contributed by atoms with Gasteiger partial charge in [-0.05, 0) is 23.0 Å². The molecule has 0 aromatic heterocycles. The minimum absolute atomic E-state index is 0.956. The van der Waals surface area contributed by atoms with Crippen LogP contribution in [0.3, 0.4) is 0 Å². The molecular weight excluding hydrogens is 208 g/mol. The van der Waals surface area contributed by atoms with Gasteiger partial charge in [-0.15, -0.1) is 36.4 Å². The molecule has 2 heteroatoms. The van der Waals surface area contributed by atoms with Gasteiger partial charge < -0.3 is 0 Å². The average molecular weight is 220 g/mol. The first-order valence-corrected chi connectivity index (χ1v) is 6.12. The maximum atomic E-state index is 5.04. The van der Waals surface area contributed by atoms with Crippen LogP contribution in [0.4, 0.5) is 0 Å². The Hall–Kier alpha value is -0.960. The van der Waals surface area contributed by atoms with Crippen molar-refractivity contribution in [1.82, 2.24) is 0 Å². The Bertz CT molecular complexity index is 254. The zero-order valence-electron chi connectivity index (χ0n) is 7.85. The summed E-state index contributed by atoms with van der Waals surface area (Å²) < 4.78 is 0. The molecule has 0 unspecified atom stereocenters. The van der Waals surface area contributed by atoms with E-state index >= 15 is 0 Å². The second kappa shape index (κ2) is 12.0. The third-order valence-corrected chi connectivity index (χ3v) is 2.50. The van der Waals surface area contributed by atoms with Gasteiger partial charge in [-0.1, -0.05) is 24.0 Å². The summed E-state index contributed by atoms with van der Waals surface area (Å²) in [5, 5.41) is 3.82. The molecule has 0 fully saturated rings. The molecule has 0 rings (SSSR count). The number of thioether (sulfide) groups is 2. The molecule has 0 radical (unpaired) electrons. The van der Waals surface area contributed by atoms with E-state index in [1.54, 1.807) is 35.7 Å². The Morgan fingerprint density at radius 3 is 1.64 bits per heavy atom. The summed E-state index contributed by atoms with van der Waals surface area (Å²) in [7, 11) is 0. The van der Waals surface area contributed by atoms with Crippen LogP contribution in [-0.4, -0.2) is 11.5 Å². The fourth-order valence-electron chi connectivity index (χ4n) is 0.533. The minimum atomic E-state index is 0.956. The number of terminal acetylenes is 2. The monoisotopic (exact) mass is 220 g/mol. The van der Waals surface area contributed by atoms with Crippen LogP contribution in [0.2, 0.25) is 0 Å². The highest BCUT2D eigenvalue weighted by Gasteiger charge is 1.77. The zero-order valence-corrected chi connectivity index (χ0v) is 9.48. The van der Waals surface area contributed by atoms with Crippen LogP contribution >= 0.6 is 23.5 Å². The van der Waals surface area contributed by atoms with Crippen molar-refractivity contribution >= 4 is 23.5 Å². The van der Waals surface area contributed by atoms with Crippen LogP contribution in [0.25, 0.3) is 0 Å². The fraction of sp³-hybridized carbons (Fsp3) is 0.167. The summed E-state index contributed by atoms with van der Waals surface area (Å²) in [6.45, 7) is 0. The second-order valence-corrected chi connectivity index (χ2v) is 3.95. The van der Waals surface area contributed by atoms with Crippen molar-refractivity contribution in [3.63, 3.8) is 0 Å². The fourth-order valence-corrected chi connectivity index (χ4v) is 1.60. The molecular formula is C12H12S2. The van der Waals surface area contributed by atoms with Crippen molar-refractivity contribution in [2.24, 2.45) is 0 Å². The lowest BCUT2D eigenvalue weighted by Gasteiger charge is -1.87. The van der Waals surface area contributed by atoms with E-state index in [9.17, 15) is 0 Å². The Labute approximate surface area is 94.9 Å². The molecule has 0 heterocycles. The smallest absolute Gasteiger partial charge is 0.0155 e. The van der Waals surface area contributed by atoms with Gasteiger partial charge in [-0.2, -0.15) is 0 Å². The molecule has 0 atom stereocenters. The van der Waals surface area contributed by atoms with Crippen molar-refractivity contribution in [2.45, 2.75) is 0 Å². The quantitative estimate of drug-likeness (QED) is 0.383. The van der Waals surface area contributed by atoms with Crippen LogP contribution in [0.15, 0.2) is 35.1 Å². The Kier molecular flexibility index (Phi) is 11.2. The predicted molar refractivity (Wildman–Crippen MR) is 70.0 cm³/mol. The SMILES string of the molecule is C#C/C=C\SC/C=C\CS/C=C\C#C. The van der Waals surface area contributed by atoms with Gasteiger partial charge in [0.15, 0.2) is 0 Å². The van der Waals surface area contributed by atoms with Gasteiger partial charge in [0.2, 0.25) is 0 Å². The number of hydrogen-bond acceptors (Lipinski definition) is 2. The minimum Gasteiger partial charge on any atom is -0.129 e. The Morgan fingerprint density at radius 1 is 0.857 bits per heavy atom. The molecule has 0 aliphatic carbocycles. The first-order valence-electron chi connectivity index (χ1n) is 4.02. The highest BCUT2D eigenvalue weighted by Crippen LogP contribution is 2.04. The van der Waals surface area contributed by atoms with E-state index in [0.29, 0.717) is 0 Å². The lowest BCUT2D eigenvalue weighted by molar-refractivity contribution is 1.68. The zero-order chi connectivity index (χ0) is 10.5. The molecule has 0 aromatic rings. The predicted octanol–water partition coefficient (Wildman–Crippen LogP) is 3.30. The summed E-state index contributed by atoms with van der Waals surface area (Å²) in [5.74, 6) is 6.78. The van der Waals surface area contributed by atoms with Crippen LogP contribution in [-0.2, 0) is 0 Å². The normalized spacial score (nSPS) is 11.0. The molecule has 0 nitrogen and oxygen atoms in total. The van der Waals surface area contributed by atoms with Gasteiger partial charge in [0.25, 0.3) is 0 Å². The van der Waals surface area contributed by atoms with E-state index in [2.05, 4.69) is 24.0 Å². The van der Waals surface area contributed by atoms with Crippen LogP contribution < -0.4 is 0 Å². The van der Waals surface area contributed by atoms with E-state index in [1.165, 1.54) is 0 Å². The van der Waals surface area contributed by atoms with Crippen molar-refractivity contribution in [3.8, 4) is 24.7 Å². The van der Waals surface area contributed by atoms with Gasteiger partial charge in [-0.3, -0.25) is 0 Å². The van der Waals surface area contributed by atoms with Crippen molar-refractivity contribution in [2.75, 3.05) is 11.5 Å². The second-order valence-electron chi connectivity index (χ2n) is 2.08.